The van der Waals surface area contributed by atoms with Crippen molar-refractivity contribution in [3.63, 3.8) is 0 Å². The summed E-state index contributed by atoms with van der Waals surface area (Å²) in [6.07, 6.45) is 1.02. The lowest BCUT2D eigenvalue weighted by Gasteiger charge is -2.14. The number of hydrogen-bond donors (Lipinski definition) is 2. The quantitative estimate of drug-likeness (QED) is 0.617. The maximum absolute atomic E-state index is 11.9. The molecule has 2 aromatic rings. The third-order valence-corrected chi connectivity index (χ3v) is 2.49. The Labute approximate surface area is 103 Å². The molecule has 0 atom stereocenters. The van der Waals surface area contributed by atoms with Crippen molar-refractivity contribution in [1.82, 2.24) is 25.5 Å². The van der Waals surface area contributed by atoms with Crippen LogP contribution in [0.5, 0.6) is 0 Å². The van der Waals surface area contributed by atoms with E-state index in [1.807, 2.05) is 6.92 Å². The van der Waals surface area contributed by atoms with Crippen molar-refractivity contribution in [1.29, 1.82) is 5.41 Å². The van der Waals surface area contributed by atoms with Crippen LogP contribution in [0.15, 0.2) is 24.3 Å². The van der Waals surface area contributed by atoms with Gasteiger partial charge >= 0.3 is 0 Å². The molecular weight excluding hydrogens is 232 g/mol. The highest BCUT2D eigenvalue weighted by molar-refractivity contribution is 6.00. The van der Waals surface area contributed by atoms with Gasteiger partial charge in [0.1, 0.15) is 0 Å². The molecule has 18 heavy (non-hydrogen) atoms. The highest BCUT2D eigenvalue weighted by atomic mass is 16.2. The molecule has 1 aromatic carbocycles. The van der Waals surface area contributed by atoms with Crippen LogP contribution in [0.25, 0.3) is 11.4 Å². The third-order valence-electron chi connectivity index (χ3n) is 2.49. The largest absolute Gasteiger partial charge is 0.300 e. The van der Waals surface area contributed by atoms with Gasteiger partial charge in [-0.15, -0.1) is 10.2 Å². The van der Waals surface area contributed by atoms with Crippen molar-refractivity contribution >= 4 is 12.2 Å². The number of rotatable bonds is 4. The van der Waals surface area contributed by atoms with Crippen molar-refractivity contribution in [2.45, 2.75) is 6.92 Å². The van der Waals surface area contributed by atoms with Crippen LogP contribution in [0, 0.1) is 5.41 Å². The SMILES string of the molecule is CCN(C=N)C(=O)c1ccc(-c2nn[nH]n2)cc1. The lowest BCUT2D eigenvalue weighted by Crippen LogP contribution is -2.28. The van der Waals surface area contributed by atoms with Crippen molar-refractivity contribution in [3.05, 3.63) is 29.8 Å². The summed E-state index contributed by atoms with van der Waals surface area (Å²) in [7, 11) is 0. The van der Waals surface area contributed by atoms with E-state index in [4.69, 9.17) is 5.41 Å². The van der Waals surface area contributed by atoms with Crippen molar-refractivity contribution in [3.8, 4) is 11.4 Å². The topological polar surface area (TPSA) is 98.6 Å². The maximum Gasteiger partial charge on any atom is 0.258 e. The van der Waals surface area contributed by atoms with Gasteiger partial charge < -0.3 is 0 Å². The molecule has 92 valence electrons. The molecule has 0 spiro atoms. The van der Waals surface area contributed by atoms with E-state index in [9.17, 15) is 4.79 Å². The third kappa shape index (κ3) is 2.24. The fourth-order valence-electron chi connectivity index (χ4n) is 1.51. The average Bonchev–Trinajstić information content (AvgIpc) is 2.94. The van der Waals surface area contributed by atoms with Gasteiger partial charge in [-0.3, -0.25) is 15.1 Å². The smallest absolute Gasteiger partial charge is 0.258 e. The van der Waals surface area contributed by atoms with E-state index in [-0.39, 0.29) is 5.91 Å². The summed E-state index contributed by atoms with van der Waals surface area (Å²) >= 11 is 0. The van der Waals surface area contributed by atoms with Crippen molar-refractivity contribution < 1.29 is 4.79 Å². The molecule has 0 aliphatic rings. The zero-order chi connectivity index (χ0) is 13.0. The molecule has 1 aromatic heterocycles. The van der Waals surface area contributed by atoms with Crippen LogP contribution in [0.1, 0.15) is 17.3 Å². The first-order valence-electron chi connectivity index (χ1n) is 5.41. The van der Waals surface area contributed by atoms with Crippen LogP contribution in [-0.4, -0.2) is 44.3 Å². The molecular formula is C11H12N6O. The Kier molecular flexibility index (Phi) is 3.42. The van der Waals surface area contributed by atoms with Gasteiger partial charge in [0.25, 0.3) is 5.91 Å². The molecule has 0 radical (unpaired) electrons. The Hall–Kier alpha value is -2.57. The van der Waals surface area contributed by atoms with Gasteiger partial charge in [-0.1, -0.05) is 12.1 Å². The van der Waals surface area contributed by atoms with Crippen LogP contribution in [0.2, 0.25) is 0 Å². The molecule has 0 saturated carbocycles. The first-order valence-corrected chi connectivity index (χ1v) is 5.41. The van der Waals surface area contributed by atoms with Gasteiger partial charge in [-0.05, 0) is 24.3 Å². The van der Waals surface area contributed by atoms with E-state index < -0.39 is 0 Å². The highest BCUT2D eigenvalue weighted by Crippen LogP contribution is 2.14. The lowest BCUT2D eigenvalue weighted by atomic mass is 10.1. The number of carbonyl (C=O) groups is 1. The van der Waals surface area contributed by atoms with Crippen LogP contribution in [-0.2, 0) is 0 Å². The van der Waals surface area contributed by atoms with Crippen molar-refractivity contribution in [2.75, 3.05) is 6.54 Å². The monoisotopic (exact) mass is 244 g/mol. The van der Waals surface area contributed by atoms with Gasteiger partial charge in [0.15, 0.2) is 0 Å². The second-order valence-corrected chi connectivity index (χ2v) is 3.53. The zero-order valence-corrected chi connectivity index (χ0v) is 9.79. The summed E-state index contributed by atoms with van der Waals surface area (Å²) in [4.78, 5) is 13.3. The number of nitrogens with one attached hydrogen (secondary N) is 2. The number of amides is 1. The molecule has 0 fully saturated rings. The van der Waals surface area contributed by atoms with Gasteiger partial charge in [0, 0.05) is 17.7 Å². The van der Waals surface area contributed by atoms with E-state index in [1.54, 1.807) is 24.3 Å². The molecule has 1 amide bonds. The fourth-order valence-corrected chi connectivity index (χ4v) is 1.51. The molecule has 0 aliphatic heterocycles. The van der Waals surface area contributed by atoms with Crippen LogP contribution in [0.4, 0.5) is 0 Å². The number of hydrogen-bond acceptors (Lipinski definition) is 5. The molecule has 2 rings (SSSR count). The van der Waals surface area contributed by atoms with Gasteiger partial charge in [0.2, 0.25) is 5.82 Å². The number of aromatic nitrogens is 4. The van der Waals surface area contributed by atoms with Gasteiger partial charge in [0.05, 0.1) is 6.34 Å². The second-order valence-electron chi connectivity index (χ2n) is 3.53. The van der Waals surface area contributed by atoms with E-state index in [2.05, 4.69) is 20.6 Å². The van der Waals surface area contributed by atoms with Gasteiger partial charge in [-0.2, -0.15) is 5.21 Å². The Morgan fingerprint density at radius 2 is 2.17 bits per heavy atom. The fraction of sp³-hybridized carbons (Fsp3) is 0.182. The summed E-state index contributed by atoms with van der Waals surface area (Å²) in [5.74, 6) is 0.278. The minimum Gasteiger partial charge on any atom is -0.300 e. The van der Waals surface area contributed by atoms with Crippen LogP contribution < -0.4 is 0 Å². The van der Waals surface area contributed by atoms with Crippen molar-refractivity contribution in [2.24, 2.45) is 0 Å². The number of aromatic amines is 1. The van der Waals surface area contributed by atoms with E-state index >= 15 is 0 Å². The normalized spacial score (nSPS) is 10.1. The van der Waals surface area contributed by atoms with Gasteiger partial charge in [-0.25, -0.2) is 0 Å². The Morgan fingerprint density at radius 3 is 2.67 bits per heavy atom. The Morgan fingerprint density at radius 1 is 1.44 bits per heavy atom. The summed E-state index contributed by atoms with van der Waals surface area (Å²) in [5.41, 5.74) is 1.30. The summed E-state index contributed by atoms with van der Waals surface area (Å²) in [5, 5.41) is 20.7. The van der Waals surface area contributed by atoms with E-state index in [0.717, 1.165) is 11.9 Å². The molecule has 0 bridgehead atoms. The summed E-state index contributed by atoms with van der Waals surface area (Å²) in [6, 6.07) is 6.85. The standard InChI is InChI=1S/C11H12N6O/c1-2-17(7-12)11(18)9-5-3-8(4-6-9)10-13-15-16-14-10/h3-7,12H,2H2,1H3,(H,13,14,15,16). The number of tetrazole rings is 1. The molecule has 7 nitrogen and oxygen atoms in total. The predicted molar refractivity (Wildman–Crippen MR) is 65.1 cm³/mol. The average molecular weight is 244 g/mol. The predicted octanol–water partition coefficient (Wildman–Crippen LogP) is 0.936. The molecule has 0 aliphatic carbocycles. The first-order chi connectivity index (χ1) is 8.76. The summed E-state index contributed by atoms with van der Waals surface area (Å²) in [6.45, 7) is 2.28. The lowest BCUT2D eigenvalue weighted by molar-refractivity contribution is 0.0857. The first kappa shape index (κ1) is 11.9. The maximum atomic E-state index is 11.9. The van der Waals surface area contributed by atoms with Crippen LogP contribution in [0.3, 0.4) is 0 Å². The second kappa shape index (κ2) is 5.17. The highest BCUT2D eigenvalue weighted by Gasteiger charge is 2.12. The number of nitrogens with zero attached hydrogens (tertiary/aromatic N) is 4. The Balaban J connectivity index is 2.22. The summed E-state index contributed by atoms with van der Waals surface area (Å²) < 4.78 is 0. The molecule has 7 heteroatoms. The molecule has 1 heterocycles. The molecule has 0 unspecified atom stereocenters. The molecule has 2 N–H and O–H groups in total. The number of H-pyrrole nitrogens is 1. The van der Waals surface area contributed by atoms with E-state index in [0.29, 0.717) is 17.9 Å². The number of benzene rings is 1. The minimum atomic E-state index is -0.202. The number of carbonyl (C=O) groups excluding carboxylic acids is 1. The van der Waals surface area contributed by atoms with Crippen LogP contribution >= 0.6 is 0 Å². The molecule has 0 saturated heterocycles. The minimum absolute atomic E-state index is 0.202. The zero-order valence-electron chi connectivity index (χ0n) is 9.79. The van der Waals surface area contributed by atoms with E-state index in [1.165, 1.54) is 4.90 Å². The Bertz CT molecular complexity index is 533.